The van der Waals surface area contributed by atoms with Crippen molar-refractivity contribution in [1.82, 2.24) is 10.2 Å². The number of hydrogen-bond acceptors (Lipinski definition) is 3. The van der Waals surface area contributed by atoms with Crippen LogP contribution in [0.1, 0.15) is 24.4 Å². The molecule has 2 saturated heterocycles. The van der Waals surface area contributed by atoms with Crippen LogP contribution in [-0.2, 0) is 0 Å². The Kier molecular flexibility index (Phi) is 4.81. The summed E-state index contributed by atoms with van der Waals surface area (Å²) >= 11 is 2.13. The number of rotatable bonds is 3. The van der Waals surface area contributed by atoms with E-state index in [1.807, 2.05) is 0 Å². The molecule has 1 atom stereocenters. The molecule has 0 bridgehead atoms. The first-order chi connectivity index (χ1) is 9.43. The van der Waals surface area contributed by atoms with Crippen molar-refractivity contribution < 1.29 is 0 Å². The lowest BCUT2D eigenvalue weighted by molar-refractivity contribution is 0.134. The van der Waals surface area contributed by atoms with E-state index in [0.29, 0.717) is 6.04 Å². The molecule has 2 aliphatic heterocycles. The molecule has 2 fully saturated rings. The molecule has 2 aliphatic rings. The van der Waals surface area contributed by atoms with Crippen LogP contribution in [0.15, 0.2) is 30.3 Å². The van der Waals surface area contributed by atoms with E-state index in [1.165, 1.54) is 43.0 Å². The van der Waals surface area contributed by atoms with Gasteiger partial charge in [-0.25, -0.2) is 0 Å². The minimum Gasteiger partial charge on any atom is -0.314 e. The predicted octanol–water partition coefficient (Wildman–Crippen LogP) is 2.78. The Morgan fingerprint density at radius 2 is 1.95 bits per heavy atom. The van der Waals surface area contributed by atoms with Gasteiger partial charge in [0.15, 0.2) is 0 Å². The normalized spacial score (nSPS) is 26.4. The SMILES string of the molecule is c1ccc(C2CNCCN2CC2CCSCC2)cc1. The van der Waals surface area contributed by atoms with Gasteiger partial charge in [0.1, 0.15) is 0 Å². The average molecular weight is 276 g/mol. The van der Waals surface area contributed by atoms with Gasteiger partial charge in [0.05, 0.1) is 0 Å². The third kappa shape index (κ3) is 3.53. The Balaban J connectivity index is 1.66. The molecule has 104 valence electrons. The molecule has 0 aliphatic carbocycles. The van der Waals surface area contributed by atoms with Gasteiger partial charge >= 0.3 is 0 Å². The lowest BCUT2D eigenvalue weighted by atomic mass is 9.98. The third-order valence-corrected chi connectivity index (χ3v) is 5.42. The van der Waals surface area contributed by atoms with Crippen molar-refractivity contribution in [1.29, 1.82) is 0 Å². The van der Waals surface area contributed by atoms with Crippen molar-refractivity contribution in [2.75, 3.05) is 37.7 Å². The summed E-state index contributed by atoms with van der Waals surface area (Å²) in [6.45, 7) is 4.74. The Hall–Kier alpha value is -0.510. The number of piperazine rings is 1. The lowest BCUT2D eigenvalue weighted by Gasteiger charge is -2.39. The summed E-state index contributed by atoms with van der Waals surface area (Å²) in [7, 11) is 0. The molecule has 19 heavy (non-hydrogen) atoms. The highest BCUT2D eigenvalue weighted by Gasteiger charge is 2.26. The minimum atomic E-state index is 0.574. The highest BCUT2D eigenvalue weighted by atomic mass is 32.2. The molecular formula is C16H24N2S. The standard InChI is InChI=1S/C16H24N2S/c1-2-4-15(5-3-1)16-12-17-8-9-18(16)13-14-6-10-19-11-7-14/h1-5,14,16-17H,6-13H2. The van der Waals surface area contributed by atoms with Crippen LogP contribution in [0, 0.1) is 5.92 Å². The largest absolute Gasteiger partial charge is 0.314 e. The predicted molar refractivity (Wildman–Crippen MR) is 83.7 cm³/mol. The Labute approximate surface area is 121 Å². The molecule has 1 N–H and O–H groups in total. The second-order valence-corrected chi connectivity index (χ2v) is 6.91. The van der Waals surface area contributed by atoms with Crippen molar-refractivity contribution in [2.24, 2.45) is 5.92 Å². The molecule has 2 heterocycles. The van der Waals surface area contributed by atoms with Crippen molar-refractivity contribution in [3.8, 4) is 0 Å². The van der Waals surface area contributed by atoms with Crippen LogP contribution in [0.2, 0.25) is 0 Å². The molecule has 1 aromatic carbocycles. The fourth-order valence-electron chi connectivity index (χ4n) is 3.23. The molecule has 0 amide bonds. The topological polar surface area (TPSA) is 15.3 Å². The van der Waals surface area contributed by atoms with Crippen LogP contribution in [0.25, 0.3) is 0 Å². The number of hydrogen-bond donors (Lipinski definition) is 1. The van der Waals surface area contributed by atoms with Crippen LogP contribution < -0.4 is 5.32 Å². The van der Waals surface area contributed by atoms with Gasteiger partial charge in [-0.1, -0.05) is 30.3 Å². The van der Waals surface area contributed by atoms with E-state index in [4.69, 9.17) is 0 Å². The zero-order chi connectivity index (χ0) is 12.9. The lowest BCUT2D eigenvalue weighted by Crippen LogP contribution is -2.47. The molecule has 0 radical (unpaired) electrons. The molecule has 1 aromatic rings. The van der Waals surface area contributed by atoms with Gasteiger partial charge in [-0.15, -0.1) is 0 Å². The summed E-state index contributed by atoms with van der Waals surface area (Å²) in [5.41, 5.74) is 1.47. The summed E-state index contributed by atoms with van der Waals surface area (Å²) < 4.78 is 0. The summed E-state index contributed by atoms with van der Waals surface area (Å²) in [6.07, 6.45) is 2.83. The second kappa shape index (κ2) is 6.78. The minimum absolute atomic E-state index is 0.574. The first-order valence-electron chi connectivity index (χ1n) is 7.51. The first kappa shape index (κ1) is 13.5. The molecule has 1 unspecified atom stereocenters. The Bertz CT molecular complexity index is 376. The van der Waals surface area contributed by atoms with Gasteiger partial charge in [-0.05, 0) is 35.8 Å². The maximum Gasteiger partial charge on any atom is 0.0473 e. The van der Waals surface area contributed by atoms with Gasteiger partial charge in [-0.3, -0.25) is 4.90 Å². The molecular weight excluding hydrogens is 252 g/mol. The molecule has 3 heteroatoms. The monoisotopic (exact) mass is 276 g/mol. The number of nitrogens with zero attached hydrogens (tertiary/aromatic N) is 1. The van der Waals surface area contributed by atoms with Gasteiger partial charge in [0.25, 0.3) is 0 Å². The molecule has 0 spiro atoms. The zero-order valence-corrected chi connectivity index (χ0v) is 12.4. The number of benzene rings is 1. The van der Waals surface area contributed by atoms with E-state index >= 15 is 0 Å². The van der Waals surface area contributed by atoms with Crippen LogP contribution >= 0.6 is 11.8 Å². The second-order valence-electron chi connectivity index (χ2n) is 5.68. The maximum absolute atomic E-state index is 3.55. The molecule has 2 nitrogen and oxygen atoms in total. The van der Waals surface area contributed by atoms with Crippen LogP contribution in [0.4, 0.5) is 0 Å². The third-order valence-electron chi connectivity index (χ3n) is 4.37. The van der Waals surface area contributed by atoms with Crippen molar-refractivity contribution in [3.63, 3.8) is 0 Å². The maximum atomic E-state index is 3.55. The first-order valence-corrected chi connectivity index (χ1v) is 8.66. The van der Waals surface area contributed by atoms with Crippen molar-refractivity contribution in [2.45, 2.75) is 18.9 Å². The summed E-state index contributed by atoms with van der Waals surface area (Å²) in [5, 5.41) is 3.55. The summed E-state index contributed by atoms with van der Waals surface area (Å²) in [6, 6.07) is 11.6. The highest BCUT2D eigenvalue weighted by molar-refractivity contribution is 7.99. The van der Waals surface area contributed by atoms with Crippen molar-refractivity contribution in [3.05, 3.63) is 35.9 Å². The van der Waals surface area contributed by atoms with E-state index < -0.39 is 0 Å². The highest BCUT2D eigenvalue weighted by Crippen LogP contribution is 2.28. The molecule has 3 rings (SSSR count). The fourth-order valence-corrected chi connectivity index (χ4v) is 4.43. The fraction of sp³-hybridized carbons (Fsp3) is 0.625. The van der Waals surface area contributed by atoms with E-state index in [2.05, 4.69) is 52.3 Å². The van der Waals surface area contributed by atoms with Crippen molar-refractivity contribution >= 4 is 11.8 Å². The van der Waals surface area contributed by atoms with Crippen LogP contribution in [0.5, 0.6) is 0 Å². The summed E-state index contributed by atoms with van der Waals surface area (Å²) in [4.78, 5) is 2.71. The van der Waals surface area contributed by atoms with Gasteiger partial charge < -0.3 is 5.32 Å². The Morgan fingerprint density at radius 1 is 1.16 bits per heavy atom. The number of nitrogens with one attached hydrogen (secondary N) is 1. The van der Waals surface area contributed by atoms with E-state index in [9.17, 15) is 0 Å². The summed E-state index contributed by atoms with van der Waals surface area (Å²) in [5.74, 6) is 3.66. The van der Waals surface area contributed by atoms with Gasteiger partial charge in [-0.2, -0.15) is 11.8 Å². The van der Waals surface area contributed by atoms with E-state index in [0.717, 1.165) is 19.0 Å². The molecule has 0 aromatic heterocycles. The zero-order valence-electron chi connectivity index (χ0n) is 11.6. The smallest absolute Gasteiger partial charge is 0.0473 e. The Morgan fingerprint density at radius 3 is 2.74 bits per heavy atom. The average Bonchev–Trinajstić information content (AvgIpc) is 2.50. The quantitative estimate of drug-likeness (QED) is 0.914. The van der Waals surface area contributed by atoms with Gasteiger partial charge in [0, 0.05) is 32.2 Å². The van der Waals surface area contributed by atoms with E-state index in [1.54, 1.807) is 0 Å². The molecule has 0 saturated carbocycles. The van der Waals surface area contributed by atoms with E-state index in [-0.39, 0.29) is 0 Å². The number of thioether (sulfide) groups is 1. The van der Waals surface area contributed by atoms with Crippen LogP contribution in [0.3, 0.4) is 0 Å². The van der Waals surface area contributed by atoms with Gasteiger partial charge in [0.2, 0.25) is 0 Å². The van der Waals surface area contributed by atoms with Crippen LogP contribution in [-0.4, -0.2) is 42.6 Å².